The molecule has 0 atom stereocenters. The van der Waals surface area contributed by atoms with Gasteiger partial charge in [0.1, 0.15) is 0 Å². The molecule has 12 heteroatoms. The van der Waals surface area contributed by atoms with Gasteiger partial charge in [0.15, 0.2) is 0 Å². The summed E-state index contributed by atoms with van der Waals surface area (Å²) in [6.45, 7) is 0.0583. The molecule has 0 radical (unpaired) electrons. The van der Waals surface area contributed by atoms with Crippen molar-refractivity contribution < 1.29 is 35.9 Å². The Hall–Kier alpha value is -3.06. The van der Waals surface area contributed by atoms with E-state index >= 15 is 0 Å². The molecule has 0 unspecified atom stereocenters. The van der Waals surface area contributed by atoms with Crippen LogP contribution in [0.2, 0.25) is 0 Å². The van der Waals surface area contributed by atoms with Crippen molar-refractivity contribution in [2.45, 2.75) is 22.6 Å². The second-order valence-electron chi connectivity index (χ2n) is 6.80. The molecule has 2 N–H and O–H groups in total. The topological polar surface area (TPSA) is 145 Å². The summed E-state index contributed by atoms with van der Waals surface area (Å²) >= 11 is 0. The molecule has 0 aliphatic carbocycles. The maximum absolute atomic E-state index is 12.0. The van der Waals surface area contributed by atoms with Crippen molar-refractivity contribution in [3.05, 3.63) is 72.8 Å². The van der Waals surface area contributed by atoms with Crippen LogP contribution in [0.3, 0.4) is 0 Å². The van der Waals surface area contributed by atoms with Crippen LogP contribution in [-0.2, 0) is 39.1 Å². The third-order valence-corrected chi connectivity index (χ3v) is 7.13. The van der Waals surface area contributed by atoms with Crippen LogP contribution in [0, 0.1) is 0 Å². The molecule has 0 fully saturated rings. The summed E-state index contributed by atoms with van der Waals surface area (Å²) in [5, 5.41) is 0. The number of esters is 2. The molecule has 184 valence electrons. The molecule has 0 saturated heterocycles. The van der Waals surface area contributed by atoms with Gasteiger partial charge in [-0.2, -0.15) is 0 Å². The van der Waals surface area contributed by atoms with Crippen molar-refractivity contribution >= 4 is 32.0 Å². The Morgan fingerprint density at radius 2 is 1.00 bits per heavy atom. The normalized spacial score (nSPS) is 11.9. The van der Waals surface area contributed by atoms with Crippen molar-refractivity contribution in [2.75, 3.05) is 26.3 Å². The second-order valence-corrected chi connectivity index (χ2v) is 10.3. The molecule has 2 aromatic rings. The lowest BCUT2D eigenvalue weighted by Gasteiger charge is -2.07. The molecule has 0 spiro atoms. The number of hydrogen-bond donors (Lipinski definition) is 2. The fourth-order valence-electron chi connectivity index (χ4n) is 2.50. The minimum Gasteiger partial charge on any atom is -0.462 e. The van der Waals surface area contributed by atoms with Gasteiger partial charge in [0.25, 0.3) is 0 Å². The molecule has 10 nitrogen and oxygen atoms in total. The monoisotopic (exact) mass is 510 g/mol. The highest BCUT2D eigenvalue weighted by Gasteiger charge is 2.13. The van der Waals surface area contributed by atoms with E-state index in [0.717, 1.165) is 12.2 Å². The Morgan fingerprint density at radius 3 is 1.35 bits per heavy atom. The summed E-state index contributed by atoms with van der Waals surface area (Å²) in [6.07, 6.45) is 2.28. The largest absolute Gasteiger partial charge is 0.462 e. The molecule has 0 saturated carbocycles. The van der Waals surface area contributed by atoms with Crippen LogP contribution in [0.25, 0.3) is 0 Å². The number of ether oxygens (including phenoxy) is 2. The number of sulfonamides is 2. The van der Waals surface area contributed by atoms with Crippen LogP contribution >= 0.6 is 0 Å². The Bertz CT molecular complexity index is 1070. The molecule has 0 aromatic heterocycles. The number of benzene rings is 2. The van der Waals surface area contributed by atoms with Gasteiger partial charge in [-0.1, -0.05) is 36.4 Å². The average molecular weight is 511 g/mol. The zero-order valence-corrected chi connectivity index (χ0v) is 19.9. The molecule has 0 amide bonds. The Morgan fingerprint density at radius 1 is 0.647 bits per heavy atom. The molecule has 0 bridgehead atoms. The van der Waals surface area contributed by atoms with Gasteiger partial charge in [0.05, 0.1) is 23.0 Å². The molecule has 0 aliphatic heterocycles. The Labute approximate surface area is 199 Å². The first kappa shape index (κ1) is 27.2. The second kappa shape index (κ2) is 13.6. The summed E-state index contributed by atoms with van der Waals surface area (Å²) in [6, 6.07) is 15.7. The number of hydrogen-bond acceptors (Lipinski definition) is 8. The molecule has 2 rings (SSSR count). The predicted octanol–water partition coefficient (Wildman–Crippen LogP) is 1.37. The number of carbonyl (C=O) groups is 2. The Kier molecular flexibility index (Phi) is 10.9. The highest BCUT2D eigenvalue weighted by Crippen LogP contribution is 2.07. The van der Waals surface area contributed by atoms with Crippen molar-refractivity contribution in [3.63, 3.8) is 0 Å². The van der Waals surface area contributed by atoms with Gasteiger partial charge >= 0.3 is 11.9 Å². The van der Waals surface area contributed by atoms with E-state index in [-0.39, 0.29) is 48.9 Å². The molecule has 34 heavy (non-hydrogen) atoms. The summed E-state index contributed by atoms with van der Waals surface area (Å²) in [5.74, 6) is -1.56. The molecule has 0 heterocycles. The average Bonchev–Trinajstić information content (AvgIpc) is 2.83. The van der Waals surface area contributed by atoms with Crippen molar-refractivity contribution in [1.29, 1.82) is 0 Å². The summed E-state index contributed by atoms with van der Waals surface area (Å²) in [4.78, 5) is 23.5. The van der Waals surface area contributed by atoms with Crippen LogP contribution in [0.4, 0.5) is 0 Å². The highest BCUT2D eigenvalue weighted by molar-refractivity contribution is 7.89. The first-order chi connectivity index (χ1) is 16.2. The van der Waals surface area contributed by atoms with Gasteiger partial charge in [-0.3, -0.25) is 0 Å². The van der Waals surface area contributed by atoms with Crippen molar-refractivity contribution in [2.24, 2.45) is 0 Å². The number of nitrogens with one attached hydrogen (secondary N) is 2. The van der Waals surface area contributed by atoms with E-state index in [2.05, 4.69) is 9.44 Å². The quantitative estimate of drug-likeness (QED) is 0.220. The molecular formula is C22H26N2O8S2. The maximum atomic E-state index is 12.0. The van der Waals surface area contributed by atoms with Gasteiger partial charge < -0.3 is 9.47 Å². The van der Waals surface area contributed by atoms with E-state index in [0.29, 0.717) is 0 Å². The van der Waals surface area contributed by atoms with Crippen LogP contribution in [-0.4, -0.2) is 55.1 Å². The van der Waals surface area contributed by atoms with E-state index in [4.69, 9.17) is 9.47 Å². The minimum absolute atomic E-state index is 0.0446. The number of carbonyl (C=O) groups excluding carboxylic acids is 2. The van der Waals surface area contributed by atoms with Crippen LogP contribution < -0.4 is 9.44 Å². The fourth-order valence-corrected chi connectivity index (χ4v) is 4.69. The fraction of sp³-hybridized carbons (Fsp3) is 0.273. The molecular weight excluding hydrogens is 484 g/mol. The van der Waals surface area contributed by atoms with Gasteiger partial charge in [0.2, 0.25) is 20.0 Å². The standard InChI is InChI=1S/C22H26N2O8S2/c25-21(31-17-7-15-23-33(27,28)19-9-3-1-4-10-19)13-14-22(26)32-18-8-16-24-34(29,30)20-11-5-2-6-12-20/h1-6,9-14,23-24H,7-8,15-18H2/b14-13+. The van der Waals surface area contributed by atoms with Crippen LogP contribution in [0.15, 0.2) is 82.6 Å². The van der Waals surface area contributed by atoms with E-state index in [1.807, 2.05) is 0 Å². The van der Waals surface area contributed by atoms with Crippen molar-refractivity contribution in [1.82, 2.24) is 9.44 Å². The third-order valence-electron chi connectivity index (χ3n) is 4.18. The first-order valence-corrected chi connectivity index (χ1v) is 13.3. The zero-order valence-electron chi connectivity index (χ0n) is 18.3. The number of rotatable bonds is 14. The smallest absolute Gasteiger partial charge is 0.331 e. The lowest BCUT2D eigenvalue weighted by atomic mass is 10.4. The lowest BCUT2D eigenvalue weighted by Crippen LogP contribution is -2.25. The van der Waals surface area contributed by atoms with E-state index in [1.54, 1.807) is 36.4 Å². The zero-order chi connectivity index (χ0) is 24.9. The summed E-state index contributed by atoms with van der Waals surface area (Å²) in [7, 11) is -7.24. The molecule has 0 aliphatic rings. The highest BCUT2D eigenvalue weighted by atomic mass is 32.2. The Balaban J connectivity index is 1.56. The lowest BCUT2D eigenvalue weighted by molar-refractivity contribution is -0.140. The first-order valence-electron chi connectivity index (χ1n) is 10.3. The van der Waals surface area contributed by atoms with E-state index in [9.17, 15) is 26.4 Å². The third kappa shape index (κ3) is 9.83. The minimum atomic E-state index is -3.62. The van der Waals surface area contributed by atoms with Crippen LogP contribution in [0.5, 0.6) is 0 Å². The van der Waals surface area contributed by atoms with E-state index < -0.39 is 32.0 Å². The summed E-state index contributed by atoms with van der Waals surface area (Å²) < 4.78 is 62.7. The van der Waals surface area contributed by atoms with Gasteiger partial charge in [-0.25, -0.2) is 35.9 Å². The summed E-state index contributed by atoms with van der Waals surface area (Å²) in [5.41, 5.74) is 0. The van der Waals surface area contributed by atoms with Crippen LogP contribution in [0.1, 0.15) is 12.8 Å². The molecule has 2 aromatic carbocycles. The van der Waals surface area contributed by atoms with E-state index in [1.165, 1.54) is 24.3 Å². The SMILES string of the molecule is O=C(/C=C/C(=O)OCCCNS(=O)(=O)c1ccccc1)OCCCNS(=O)(=O)c1ccccc1. The van der Waals surface area contributed by atoms with Gasteiger partial charge in [-0.05, 0) is 37.1 Å². The predicted molar refractivity (Wildman–Crippen MR) is 124 cm³/mol. The van der Waals surface area contributed by atoms with Gasteiger partial charge in [0, 0.05) is 25.2 Å². The maximum Gasteiger partial charge on any atom is 0.331 e. The van der Waals surface area contributed by atoms with Gasteiger partial charge in [-0.15, -0.1) is 0 Å². The van der Waals surface area contributed by atoms with Crippen molar-refractivity contribution in [3.8, 4) is 0 Å².